The zero-order valence-electron chi connectivity index (χ0n) is 14.8. The van der Waals surface area contributed by atoms with E-state index >= 15 is 0 Å². The van der Waals surface area contributed by atoms with Gasteiger partial charge in [0.2, 0.25) is 0 Å². The number of carbonyl (C=O) groups excluding carboxylic acids is 1. The topological polar surface area (TPSA) is 48.0 Å². The number of amides is 1. The Morgan fingerprint density at radius 2 is 1.80 bits per heavy atom. The van der Waals surface area contributed by atoms with Crippen molar-refractivity contribution < 1.29 is 19.0 Å². The minimum Gasteiger partial charge on any atom is -0.493 e. The van der Waals surface area contributed by atoms with Gasteiger partial charge < -0.3 is 19.1 Å². The summed E-state index contributed by atoms with van der Waals surface area (Å²) in [6.45, 7) is 2.10. The molecule has 0 fully saturated rings. The molecule has 0 aliphatic carbocycles. The van der Waals surface area contributed by atoms with Crippen molar-refractivity contribution in [2.45, 2.75) is 19.6 Å². The SMILES string of the molecule is COc1cccc(CN(C)C(=O)C(C)Oc2ccc(Cl)cc2)c1OC. The van der Waals surface area contributed by atoms with Crippen LogP contribution >= 0.6 is 11.6 Å². The zero-order chi connectivity index (χ0) is 18.4. The number of hydrogen-bond acceptors (Lipinski definition) is 4. The van der Waals surface area contributed by atoms with Crippen LogP contribution in [0.1, 0.15) is 12.5 Å². The lowest BCUT2D eigenvalue weighted by Crippen LogP contribution is -2.37. The van der Waals surface area contributed by atoms with E-state index in [4.69, 9.17) is 25.8 Å². The Labute approximate surface area is 153 Å². The van der Waals surface area contributed by atoms with E-state index in [9.17, 15) is 4.79 Å². The summed E-state index contributed by atoms with van der Waals surface area (Å²) < 4.78 is 16.4. The van der Waals surface area contributed by atoms with Crippen molar-refractivity contribution in [3.05, 3.63) is 53.1 Å². The van der Waals surface area contributed by atoms with Gasteiger partial charge in [-0.2, -0.15) is 0 Å². The second-order valence-electron chi connectivity index (χ2n) is 5.56. The van der Waals surface area contributed by atoms with Crippen LogP contribution in [-0.2, 0) is 11.3 Å². The fraction of sp³-hybridized carbons (Fsp3) is 0.316. The van der Waals surface area contributed by atoms with Crippen LogP contribution in [0.15, 0.2) is 42.5 Å². The first-order chi connectivity index (χ1) is 12.0. The molecule has 25 heavy (non-hydrogen) atoms. The van der Waals surface area contributed by atoms with Crippen molar-refractivity contribution in [1.82, 2.24) is 4.90 Å². The van der Waals surface area contributed by atoms with Crippen LogP contribution in [0.5, 0.6) is 17.2 Å². The van der Waals surface area contributed by atoms with Crippen molar-refractivity contribution in [1.29, 1.82) is 0 Å². The second-order valence-corrected chi connectivity index (χ2v) is 6.00. The number of benzene rings is 2. The predicted octanol–water partition coefficient (Wildman–Crippen LogP) is 3.78. The van der Waals surface area contributed by atoms with E-state index < -0.39 is 6.10 Å². The number of carbonyl (C=O) groups is 1. The third-order valence-electron chi connectivity index (χ3n) is 3.74. The van der Waals surface area contributed by atoms with Gasteiger partial charge in [0.1, 0.15) is 5.75 Å². The van der Waals surface area contributed by atoms with Crippen LogP contribution in [-0.4, -0.2) is 38.2 Å². The highest BCUT2D eigenvalue weighted by atomic mass is 35.5. The maximum Gasteiger partial charge on any atom is 0.263 e. The molecule has 0 N–H and O–H groups in total. The second kappa shape index (κ2) is 8.62. The largest absolute Gasteiger partial charge is 0.493 e. The molecule has 0 saturated heterocycles. The maximum absolute atomic E-state index is 12.6. The molecule has 6 heteroatoms. The quantitative estimate of drug-likeness (QED) is 0.751. The van der Waals surface area contributed by atoms with Crippen LogP contribution in [0.4, 0.5) is 0 Å². The van der Waals surface area contributed by atoms with Crippen molar-refractivity contribution in [2.24, 2.45) is 0 Å². The molecule has 0 bridgehead atoms. The molecule has 1 unspecified atom stereocenters. The van der Waals surface area contributed by atoms with Gasteiger partial charge in [-0.05, 0) is 37.3 Å². The molecule has 0 aliphatic heterocycles. The molecule has 2 aromatic carbocycles. The van der Waals surface area contributed by atoms with Gasteiger partial charge in [0, 0.05) is 24.2 Å². The lowest BCUT2D eigenvalue weighted by Gasteiger charge is -2.23. The molecule has 5 nitrogen and oxygen atoms in total. The molecule has 0 radical (unpaired) electrons. The predicted molar refractivity (Wildman–Crippen MR) is 97.6 cm³/mol. The number of nitrogens with zero attached hydrogens (tertiary/aromatic N) is 1. The van der Waals surface area contributed by atoms with Gasteiger partial charge >= 0.3 is 0 Å². The first-order valence-corrected chi connectivity index (χ1v) is 8.21. The van der Waals surface area contributed by atoms with E-state index in [2.05, 4.69) is 0 Å². The Morgan fingerprint density at radius 3 is 2.40 bits per heavy atom. The monoisotopic (exact) mass is 363 g/mol. The summed E-state index contributed by atoms with van der Waals surface area (Å²) in [4.78, 5) is 14.2. The van der Waals surface area contributed by atoms with E-state index in [1.165, 1.54) is 0 Å². The number of hydrogen-bond donors (Lipinski definition) is 0. The lowest BCUT2D eigenvalue weighted by molar-refractivity contribution is -0.137. The number of ether oxygens (including phenoxy) is 3. The van der Waals surface area contributed by atoms with E-state index in [1.54, 1.807) is 57.4 Å². The van der Waals surface area contributed by atoms with Gasteiger partial charge in [-0.15, -0.1) is 0 Å². The highest BCUT2D eigenvalue weighted by molar-refractivity contribution is 6.30. The van der Waals surface area contributed by atoms with Gasteiger partial charge in [-0.1, -0.05) is 23.7 Å². The van der Waals surface area contributed by atoms with Crippen LogP contribution < -0.4 is 14.2 Å². The number of rotatable bonds is 7. The van der Waals surface area contributed by atoms with Gasteiger partial charge in [0.15, 0.2) is 17.6 Å². The average molecular weight is 364 g/mol. The Bertz CT molecular complexity index is 718. The molecule has 0 saturated carbocycles. The number of methoxy groups -OCH3 is 2. The van der Waals surface area contributed by atoms with E-state index in [-0.39, 0.29) is 5.91 Å². The molecule has 2 rings (SSSR count). The van der Waals surface area contributed by atoms with Crippen LogP contribution in [0.3, 0.4) is 0 Å². The summed E-state index contributed by atoms with van der Waals surface area (Å²) >= 11 is 5.85. The summed E-state index contributed by atoms with van der Waals surface area (Å²) in [5.41, 5.74) is 0.858. The number of para-hydroxylation sites is 1. The molecular formula is C19H22ClNO4. The first kappa shape index (κ1) is 18.9. The highest BCUT2D eigenvalue weighted by Gasteiger charge is 2.21. The van der Waals surface area contributed by atoms with Crippen molar-refractivity contribution in [3.63, 3.8) is 0 Å². The number of likely N-dealkylation sites (N-methyl/N-ethyl adjacent to an activating group) is 1. The fourth-order valence-electron chi connectivity index (χ4n) is 2.49. The maximum atomic E-state index is 12.6. The standard InChI is InChI=1S/C19H22ClNO4/c1-13(25-16-10-8-15(20)9-11-16)19(22)21(2)12-14-6-5-7-17(23-3)18(14)24-4/h5-11,13H,12H2,1-4H3. The zero-order valence-corrected chi connectivity index (χ0v) is 15.5. The summed E-state index contributed by atoms with van der Waals surface area (Å²) in [5, 5.41) is 0.619. The normalized spacial score (nSPS) is 11.6. The Hall–Kier alpha value is -2.40. The molecule has 1 atom stereocenters. The summed E-state index contributed by atoms with van der Waals surface area (Å²) in [6, 6.07) is 12.5. The summed E-state index contributed by atoms with van der Waals surface area (Å²) in [6.07, 6.45) is -0.622. The van der Waals surface area contributed by atoms with E-state index in [0.717, 1.165) is 5.56 Å². The van der Waals surface area contributed by atoms with Crippen LogP contribution in [0, 0.1) is 0 Å². The van der Waals surface area contributed by atoms with Crippen LogP contribution in [0.2, 0.25) is 5.02 Å². The molecule has 2 aromatic rings. The third-order valence-corrected chi connectivity index (χ3v) is 3.99. The molecule has 0 aliphatic rings. The van der Waals surface area contributed by atoms with E-state index in [1.807, 2.05) is 18.2 Å². The average Bonchev–Trinajstić information content (AvgIpc) is 2.62. The smallest absolute Gasteiger partial charge is 0.263 e. The fourth-order valence-corrected chi connectivity index (χ4v) is 2.62. The van der Waals surface area contributed by atoms with Gasteiger partial charge in [-0.25, -0.2) is 0 Å². The summed E-state index contributed by atoms with van der Waals surface area (Å²) in [5.74, 6) is 1.71. The van der Waals surface area contributed by atoms with Gasteiger partial charge in [0.25, 0.3) is 5.91 Å². The molecule has 134 valence electrons. The molecule has 0 spiro atoms. The lowest BCUT2D eigenvalue weighted by atomic mass is 10.1. The molecule has 0 heterocycles. The van der Waals surface area contributed by atoms with Crippen LogP contribution in [0.25, 0.3) is 0 Å². The van der Waals surface area contributed by atoms with Gasteiger partial charge in [-0.3, -0.25) is 4.79 Å². The first-order valence-electron chi connectivity index (χ1n) is 7.83. The minimum absolute atomic E-state index is 0.139. The highest BCUT2D eigenvalue weighted by Crippen LogP contribution is 2.31. The third kappa shape index (κ3) is 4.79. The van der Waals surface area contributed by atoms with Gasteiger partial charge in [0.05, 0.1) is 14.2 Å². The molecular weight excluding hydrogens is 342 g/mol. The van der Waals surface area contributed by atoms with Crippen molar-refractivity contribution >= 4 is 17.5 Å². The molecule has 1 amide bonds. The summed E-state index contributed by atoms with van der Waals surface area (Å²) in [7, 11) is 4.89. The Kier molecular flexibility index (Phi) is 6.53. The van der Waals surface area contributed by atoms with Crippen molar-refractivity contribution in [2.75, 3.05) is 21.3 Å². The number of halogens is 1. The Balaban J connectivity index is 2.06. The molecule has 0 aromatic heterocycles. The Morgan fingerprint density at radius 1 is 1.12 bits per heavy atom. The minimum atomic E-state index is -0.622. The van der Waals surface area contributed by atoms with E-state index in [0.29, 0.717) is 28.8 Å². The van der Waals surface area contributed by atoms with Crippen molar-refractivity contribution in [3.8, 4) is 17.2 Å².